The van der Waals surface area contributed by atoms with Crippen LogP contribution < -0.4 is 0 Å². The highest BCUT2D eigenvalue weighted by Gasteiger charge is 1.93. The average Bonchev–Trinajstić information content (AvgIpc) is 1.98. The van der Waals surface area contributed by atoms with Crippen LogP contribution in [0.3, 0.4) is 0 Å². The van der Waals surface area contributed by atoms with Gasteiger partial charge < -0.3 is 0 Å². The highest BCUT2D eigenvalue weighted by Crippen LogP contribution is 2.14. The van der Waals surface area contributed by atoms with Gasteiger partial charge >= 0.3 is 0 Å². The molecule has 0 heterocycles. The zero-order valence-electron chi connectivity index (χ0n) is 6.81. The van der Waals surface area contributed by atoms with Gasteiger partial charge in [-0.1, -0.05) is 42.3 Å². The summed E-state index contributed by atoms with van der Waals surface area (Å²) in [5.74, 6) is 0. The Bertz CT molecular complexity index is 209. The second-order valence-electron chi connectivity index (χ2n) is 2.63. The van der Waals surface area contributed by atoms with Gasteiger partial charge in [-0.15, -0.1) is 0 Å². The SMILES string of the molecule is CCC1=CCC/C=C(\Cl)C=C1. The second-order valence-corrected chi connectivity index (χ2v) is 3.07. The summed E-state index contributed by atoms with van der Waals surface area (Å²) >= 11 is 5.86. The molecule has 0 aromatic carbocycles. The molecule has 1 rings (SSSR count). The van der Waals surface area contributed by atoms with Crippen molar-refractivity contribution in [2.24, 2.45) is 0 Å². The first kappa shape index (κ1) is 8.61. The van der Waals surface area contributed by atoms with Gasteiger partial charge in [0.05, 0.1) is 0 Å². The van der Waals surface area contributed by atoms with E-state index in [1.165, 1.54) is 5.57 Å². The van der Waals surface area contributed by atoms with Gasteiger partial charge in [-0.2, -0.15) is 0 Å². The summed E-state index contributed by atoms with van der Waals surface area (Å²) < 4.78 is 0. The first-order chi connectivity index (χ1) is 5.33. The van der Waals surface area contributed by atoms with E-state index in [1.807, 2.05) is 6.08 Å². The third-order valence-electron chi connectivity index (χ3n) is 1.78. The Morgan fingerprint density at radius 3 is 2.73 bits per heavy atom. The van der Waals surface area contributed by atoms with Crippen molar-refractivity contribution in [2.45, 2.75) is 26.2 Å². The topological polar surface area (TPSA) is 0 Å². The van der Waals surface area contributed by atoms with E-state index in [0.717, 1.165) is 24.3 Å². The van der Waals surface area contributed by atoms with Crippen molar-refractivity contribution in [3.63, 3.8) is 0 Å². The summed E-state index contributed by atoms with van der Waals surface area (Å²) in [6, 6.07) is 0. The molecule has 60 valence electrons. The zero-order chi connectivity index (χ0) is 8.10. The largest absolute Gasteiger partial charge is 0.0847 e. The van der Waals surface area contributed by atoms with E-state index in [-0.39, 0.29) is 0 Å². The standard InChI is InChI=1S/C10H13Cl/c1-2-9-5-3-4-6-10(11)8-7-9/h5-8H,2-4H2,1H3/b8-7?,9-5?,10-6-. The van der Waals surface area contributed by atoms with Crippen LogP contribution >= 0.6 is 11.6 Å². The maximum atomic E-state index is 5.86. The molecular weight excluding hydrogens is 156 g/mol. The maximum absolute atomic E-state index is 5.86. The fourth-order valence-electron chi connectivity index (χ4n) is 1.07. The summed E-state index contributed by atoms with van der Waals surface area (Å²) in [5.41, 5.74) is 1.39. The predicted molar refractivity (Wildman–Crippen MR) is 50.7 cm³/mol. The summed E-state index contributed by atoms with van der Waals surface area (Å²) in [4.78, 5) is 0. The van der Waals surface area contributed by atoms with Crippen LogP contribution in [0.2, 0.25) is 0 Å². The summed E-state index contributed by atoms with van der Waals surface area (Å²) in [7, 11) is 0. The predicted octanol–water partition coefficient (Wildman–Crippen LogP) is 3.80. The molecule has 11 heavy (non-hydrogen) atoms. The Labute approximate surface area is 73.3 Å². The molecule has 0 fully saturated rings. The van der Waals surface area contributed by atoms with Gasteiger partial charge in [-0.05, 0) is 25.3 Å². The van der Waals surface area contributed by atoms with Gasteiger partial charge in [0.15, 0.2) is 0 Å². The van der Waals surface area contributed by atoms with E-state index in [9.17, 15) is 0 Å². The molecule has 0 saturated carbocycles. The van der Waals surface area contributed by atoms with Crippen LogP contribution in [0, 0.1) is 0 Å². The molecule has 0 saturated heterocycles. The third kappa shape index (κ3) is 2.94. The molecule has 0 aliphatic heterocycles. The molecule has 1 heteroatoms. The Morgan fingerprint density at radius 2 is 2.00 bits per heavy atom. The maximum Gasteiger partial charge on any atom is 0.0366 e. The van der Waals surface area contributed by atoms with E-state index in [4.69, 9.17) is 11.6 Å². The lowest BCUT2D eigenvalue weighted by molar-refractivity contribution is 1.01. The molecule has 0 N–H and O–H groups in total. The Kier molecular flexibility index (Phi) is 3.44. The molecule has 1 aliphatic carbocycles. The molecule has 0 aromatic rings. The summed E-state index contributed by atoms with van der Waals surface area (Å²) in [6.07, 6.45) is 11.7. The molecule has 0 bridgehead atoms. The van der Waals surface area contributed by atoms with Crippen molar-refractivity contribution < 1.29 is 0 Å². The van der Waals surface area contributed by atoms with Crippen molar-refractivity contribution in [3.05, 3.63) is 34.9 Å². The van der Waals surface area contributed by atoms with Crippen LogP contribution in [-0.4, -0.2) is 0 Å². The van der Waals surface area contributed by atoms with Gasteiger partial charge in [0.25, 0.3) is 0 Å². The minimum Gasteiger partial charge on any atom is -0.0847 e. The highest BCUT2D eigenvalue weighted by atomic mass is 35.5. The van der Waals surface area contributed by atoms with Gasteiger partial charge in [0.1, 0.15) is 0 Å². The van der Waals surface area contributed by atoms with Crippen LogP contribution in [0.1, 0.15) is 26.2 Å². The molecule has 0 unspecified atom stereocenters. The van der Waals surface area contributed by atoms with Gasteiger partial charge in [-0.3, -0.25) is 0 Å². The second kappa shape index (κ2) is 4.40. The number of hydrogen-bond donors (Lipinski definition) is 0. The zero-order valence-corrected chi connectivity index (χ0v) is 7.56. The smallest absolute Gasteiger partial charge is 0.0366 e. The van der Waals surface area contributed by atoms with Crippen molar-refractivity contribution in [1.29, 1.82) is 0 Å². The fraction of sp³-hybridized carbons (Fsp3) is 0.400. The molecule has 0 spiro atoms. The average molecular weight is 169 g/mol. The number of allylic oxidation sites excluding steroid dienone is 6. The number of hydrogen-bond acceptors (Lipinski definition) is 0. The normalized spacial score (nSPS) is 23.1. The van der Waals surface area contributed by atoms with Crippen LogP contribution in [0.5, 0.6) is 0 Å². The first-order valence-corrected chi connectivity index (χ1v) is 4.43. The number of halogens is 1. The van der Waals surface area contributed by atoms with Crippen molar-refractivity contribution >= 4 is 11.6 Å². The third-order valence-corrected chi connectivity index (χ3v) is 2.06. The van der Waals surface area contributed by atoms with Crippen LogP contribution in [0.25, 0.3) is 0 Å². The van der Waals surface area contributed by atoms with E-state index >= 15 is 0 Å². The van der Waals surface area contributed by atoms with E-state index < -0.39 is 0 Å². The Hall–Kier alpha value is -0.490. The van der Waals surface area contributed by atoms with Crippen molar-refractivity contribution in [2.75, 3.05) is 0 Å². The molecule has 0 atom stereocenters. The highest BCUT2D eigenvalue weighted by molar-refractivity contribution is 6.31. The minimum absolute atomic E-state index is 0.865. The lowest BCUT2D eigenvalue weighted by Crippen LogP contribution is -1.79. The van der Waals surface area contributed by atoms with Crippen LogP contribution in [0.4, 0.5) is 0 Å². The lowest BCUT2D eigenvalue weighted by Gasteiger charge is -2.00. The Morgan fingerprint density at radius 1 is 1.27 bits per heavy atom. The Balaban J connectivity index is 2.71. The summed E-state index contributed by atoms with van der Waals surface area (Å²) in [5, 5.41) is 0.865. The van der Waals surface area contributed by atoms with E-state index in [0.29, 0.717) is 0 Å². The monoisotopic (exact) mass is 168 g/mol. The van der Waals surface area contributed by atoms with Gasteiger partial charge in [0, 0.05) is 5.03 Å². The molecule has 0 radical (unpaired) electrons. The van der Waals surface area contributed by atoms with E-state index in [1.54, 1.807) is 0 Å². The quantitative estimate of drug-likeness (QED) is 0.559. The van der Waals surface area contributed by atoms with Crippen LogP contribution in [0.15, 0.2) is 34.9 Å². The molecule has 0 nitrogen and oxygen atoms in total. The van der Waals surface area contributed by atoms with E-state index in [2.05, 4.69) is 25.2 Å². The van der Waals surface area contributed by atoms with Gasteiger partial charge in [0.2, 0.25) is 0 Å². The van der Waals surface area contributed by atoms with Crippen molar-refractivity contribution in [1.82, 2.24) is 0 Å². The minimum atomic E-state index is 0.865. The lowest BCUT2D eigenvalue weighted by atomic mass is 10.1. The fourth-order valence-corrected chi connectivity index (χ4v) is 1.25. The van der Waals surface area contributed by atoms with Crippen LogP contribution in [-0.2, 0) is 0 Å². The molecule has 0 amide bonds. The van der Waals surface area contributed by atoms with Gasteiger partial charge in [-0.25, -0.2) is 0 Å². The molecule has 0 aromatic heterocycles. The van der Waals surface area contributed by atoms with Crippen molar-refractivity contribution in [3.8, 4) is 0 Å². The molecular formula is C10H13Cl. The first-order valence-electron chi connectivity index (χ1n) is 4.05. The molecule has 1 aliphatic rings. The number of rotatable bonds is 1. The summed E-state index contributed by atoms with van der Waals surface area (Å²) in [6.45, 7) is 2.16.